The van der Waals surface area contributed by atoms with Gasteiger partial charge in [0.05, 0.1) is 21.4 Å². The van der Waals surface area contributed by atoms with E-state index in [4.69, 9.17) is 23.2 Å². The van der Waals surface area contributed by atoms with Gasteiger partial charge < -0.3 is 5.32 Å². The molecule has 0 bridgehead atoms. The predicted molar refractivity (Wildman–Crippen MR) is 111 cm³/mol. The van der Waals surface area contributed by atoms with Gasteiger partial charge in [-0.15, -0.1) is 0 Å². The maximum atomic E-state index is 13.0. The average Bonchev–Trinajstić information content (AvgIpc) is 2.67. The highest BCUT2D eigenvalue weighted by atomic mass is 35.5. The van der Waals surface area contributed by atoms with Crippen LogP contribution in [-0.2, 0) is 10.0 Å². The Labute approximate surface area is 168 Å². The summed E-state index contributed by atoms with van der Waals surface area (Å²) in [5.41, 5.74) is 1.19. The zero-order chi connectivity index (χ0) is 19.4. The monoisotopic (exact) mass is 421 g/mol. The summed E-state index contributed by atoms with van der Waals surface area (Å²) in [6.45, 7) is 2.10. The first kappa shape index (κ1) is 19.5. The molecule has 0 aliphatic rings. The van der Waals surface area contributed by atoms with Crippen LogP contribution in [0.1, 0.15) is 6.92 Å². The SMILES string of the molecule is CCN(c1ccccc1)S(=O)(=O)c1ccc(Nc2cccc(Cl)c2Cl)nc1. The number of nitrogens with one attached hydrogen (secondary N) is 1. The summed E-state index contributed by atoms with van der Waals surface area (Å²) in [6, 6.07) is 17.2. The fourth-order valence-electron chi connectivity index (χ4n) is 2.56. The Morgan fingerprint density at radius 2 is 1.74 bits per heavy atom. The van der Waals surface area contributed by atoms with E-state index < -0.39 is 10.0 Å². The second-order valence-corrected chi connectivity index (χ2v) is 8.26. The molecule has 140 valence electrons. The number of aromatic nitrogens is 1. The van der Waals surface area contributed by atoms with E-state index >= 15 is 0 Å². The first-order valence-corrected chi connectivity index (χ1v) is 10.4. The number of sulfonamides is 1. The van der Waals surface area contributed by atoms with E-state index in [1.807, 2.05) is 6.07 Å². The van der Waals surface area contributed by atoms with Gasteiger partial charge in [-0.1, -0.05) is 47.5 Å². The molecule has 0 atom stereocenters. The van der Waals surface area contributed by atoms with Crippen molar-refractivity contribution in [3.05, 3.63) is 76.9 Å². The van der Waals surface area contributed by atoms with Gasteiger partial charge in [-0.25, -0.2) is 13.4 Å². The van der Waals surface area contributed by atoms with Crippen molar-refractivity contribution in [2.24, 2.45) is 0 Å². The van der Waals surface area contributed by atoms with Crippen LogP contribution in [0.5, 0.6) is 0 Å². The number of hydrogen-bond acceptors (Lipinski definition) is 4. The van der Waals surface area contributed by atoms with Crippen LogP contribution in [0.3, 0.4) is 0 Å². The number of para-hydroxylation sites is 1. The first-order valence-electron chi connectivity index (χ1n) is 8.18. The average molecular weight is 422 g/mol. The standard InChI is InChI=1S/C19H17Cl2N3O2S/c1-2-24(14-7-4-3-5-8-14)27(25,26)15-11-12-18(22-13-15)23-17-10-6-9-16(20)19(17)21/h3-13H,2H2,1H3,(H,22,23). The van der Waals surface area contributed by atoms with Crippen LogP contribution < -0.4 is 9.62 Å². The number of rotatable bonds is 6. The summed E-state index contributed by atoms with van der Waals surface area (Å²) in [7, 11) is -3.71. The third-order valence-corrected chi connectivity index (χ3v) is 6.58. The minimum atomic E-state index is -3.71. The maximum absolute atomic E-state index is 13.0. The Balaban J connectivity index is 1.87. The number of hydrogen-bond donors (Lipinski definition) is 1. The normalized spacial score (nSPS) is 11.2. The van der Waals surface area contributed by atoms with Crippen LogP contribution in [0, 0.1) is 0 Å². The van der Waals surface area contributed by atoms with E-state index in [9.17, 15) is 8.42 Å². The summed E-state index contributed by atoms with van der Waals surface area (Å²) in [5.74, 6) is 0.459. The fraction of sp³-hybridized carbons (Fsp3) is 0.105. The Morgan fingerprint density at radius 1 is 1.00 bits per heavy atom. The van der Waals surface area contributed by atoms with E-state index in [2.05, 4.69) is 10.3 Å². The van der Waals surface area contributed by atoms with Crippen molar-refractivity contribution in [2.45, 2.75) is 11.8 Å². The van der Waals surface area contributed by atoms with Gasteiger partial charge in [0.2, 0.25) is 0 Å². The fourth-order valence-corrected chi connectivity index (χ4v) is 4.33. The molecule has 3 aromatic rings. The van der Waals surface area contributed by atoms with Crippen molar-refractivity contribution in [3.63, 3.8) is 0 Å². The summed E-state index contributed by atoms with van der Waals surface area (Å²) in [5, 5.41) is 3.82. The van der Waals surface area contributed by atoms with Crippen LogP contribution in [-0.4, -0.2) is 19.9 Å². The van der Waals surface area contributed by atoms with Crippen LogP contribution in [0.4, 0.5) is 17.2 Å². The molecule has 0 aliphatic heterocycles. The van der Waals surface area contributed by atoms with E-state index in [1.165, 1.54) is 16.6 Å². The zero-order valence-electron chi connectivity index (χ0n) is 14.4. The lowest BCUT2D eigenvalue weighted by molar-refractivity contribution is 0.591. The van der Waals surface area contributed by atoms with Gasteiger partial charge in [-0.2, -0.15) is 0 Å². The molecule has 3 rings (SSSR count). The quantitative estimate of drug-likeness (QED) is 0.582. The predicted octanol–water partition coefficient (Wildman–Crippen LogP) is 5.35. The van der Waals surface area contributed by atoms with E-state index in [1.54, 1.807) is 55.5 Å². The lowest BCUT2D eigenvalue weighted by Gasteiger charge is -2.22. The van der Waals surface area contributed by atoms with Gasteiger partial charge in [0.1, 0.15) is 10.7 Å². The van der Waals surface area contributed by atoms with Crippen LogP contribution in [0.15, 0.2) is 71.8 Å². The topological polar surface area (TPSA) is 62.3 Å². The summed E-state index contributed by atoms with van der Waals surface area (Å²) in [6.07, 6.45) is 1.32. The highest BCUT2D eigenvalue weighted by Gasteiger charge is 2.23. The minimum absolute atomic E-state index is 0.107. The van der Waals surface area contributed by atoms with Gasteiger partial charge in [-0.05, 0) is 43.3 Å². The molecule has 1 heterocycles. The number of anilines is 3. The maximum Gasteiger partial charge on any atom is 0.265 e. The molecule has 1 aromatic heterocycles. The second-order valence-electron chi connectivity index (χ2n) is 5.61. The highest BCUT2D eigenvalue weighted by molar-refractivity contribution is 7.92. The van der Waals surface area contributed by atoms with Crippen molar-refractivity contribution < 1.29 is 8.42 Å². The molecule has 27 heavy (non-hydrogen) atoms. The third-order valence-electron chi connectivity index (χ3n) is 3.87. The molecule has 0 saturated heterocycles. The van der Waals surface area contributed by atoms with Gasteiger partial charge in [0.15, 0.2) is 0 Å². The molecular formula is C19H17Cl2N3O2S. The Kier molecular flexibility index (Phi) is 5.89. The number of benzene rings is 2. The highest BCUT2D eigenvalue weighted by Crippen LogP contribution is 2.31. The Bertz CT molecular complexity index is 1030. The molecule has 0 spiro atoms. The zero-order valence-corrected chi connectivity index (χ0v) is 16.8. The number of nitrogens with zero attached hydrogens (tertiary/aromatic N) is 2. The largest absolute Gasteiger partial charge is 0.339 e. The molecular weight excluding hydrogens is 405 g/mol. The molecule has 0 saturated carbocycles. The number of halogens is 2. The van der Waals surface area contributed by atoms with Crippen LogP contribution in [0.25, 0.3) is 0 Å². The molecule has 0 amide bonds. The Hall–Kier alpha value is -2.28. The third kappa shape index (κ3) is 4.18. The lowest BCUT2D eigenvalue weighted by atomic mass is 10.3. The van der Waals surface area contributed by atoms with Crippen molar-refractivity contribution in [1.82, 2.24) is 4.98 Å². The van der Waals surface area contributed by atoms with E-state index in [0.29, 0.717) is 33.8 Å². The van der Waals surface area contributed by atoms with Gasteiger partial charge in [-0.3, -0.25) is 4.31 Å². The second kappa shape index (κ2) is 8.17. The summed E-state index contributed by atoms with van der Waals surface area (Å²) in [4.78, 5) is 4.31. The molecule has 5 nitrogen and oxygen atoms in total. The lowest BCUT2D eigenvalue weighted by Crippen LogP contribution is -2.30. The molecule has 1 N–H and O–H groups in total. The Morgan fingerprint density at radius 3 is 2.37 bits per heavy atom. The van der Waals surface area contributed by atoms with Crippen LogP contribution >= 0.6 is 23.2 Å². The van der Waals surface area contributed by atoms with Crippen molar-refractivity contribution >= 4 is 50.4 Å². The molecule has 0 unspecified atom stereocenters. The van der Waals surface area contributed by atoms with Gasteiger partial charge in [0.25, 0.3) is 10.0 Å². The smallest absolute Gasteiger partial charge is 0.265 e. The van der Waals surface area contributed by atoms with Gasteiger partial charge >= 0.3 is 0 Å². The van der Waals surface area contributed by atoms with Crippen molar-refractivity contribution in [1.29, 1.82) is 0 Å². The minimum Gasteiger partial charge on any atom is -0.339 e. The molecule has 2 aromatic carbocycles. The van der Waals surface area contributed by atoms with Gasteiger partial charge in [0, 0.05) is 12.7 Å². The number of pyridine rings is 1. The molecule has 0 radical (unpaired) electrons. The first-order chi connectivity index (χ1) is 12.9. The molecule has 0 fully saturated rings. The van der Waals surface area contributed by atoms with Crippen molar-refractivity contribution in [3.8, 4) is 0 Å². The molecule has 0 aliphatic carbocycles. The molecule has 8 heteroatoms. The van der Waals surface area contributed by atoms with Crippen molar-refractivity contribution in [2.75, 3.05) is 16.2 Å². The summed E-state index contributed by atoms with van der Waals surface area (Å²) >= 11 is 12.1. The van der Waals surface area contributed by atoms with E-state index in [-0.39, 0.29) is 4.90 Å². The van der Waals surface area contributed by atoms with Crippen LogP contribution in [0.2, 0.25) is 10.0 Å². The van der Waals surface area contributed by atoms with E-state index in [0.717, 1.165) is 0 Å². The summed E-state index contributed by atoms with van der Waals surface area (Å²) < 4.78 is 27.3.